The molecule has 3 aromatic rings. The number of nitrogens with one attached hydrogen (secondary N) is 3. The van der Waals surface area contributed by atoms with E-state index in [1.165, 1.54) is 12.1 Å². The average Bonchev–Trinajstić information content (AvgIpc) is 2.98. The standard InChI is InChI=1S/C17H13FN4O/c18-12-4-5-14-11(6-12)7-16(21-14)17(23)22-15-3-1-2-10-8-19-20-9-13(10)15/h1-7,9,19,21H,8H2,(H,22,23). The predicted octanol–water partition coefficient (Wildman–Crippen LogP) is 3.00. The molecule has 0 aliphatic carbocycles. The first-order valence-electron chi connectivity index (χ1n) is 7.18. The van der Waals surface area contributed by atoms with E-state index in [0.717, 1.165) is 16.6 Å². The molecule has 3 N–H and O–H groups in total. The number of rotatable bonds is 2. The molecular weight excluding hydrogens is 295 g/mol. The molecule has 0 atom stereocenters. The number of carbonyl (C=O) groups excluding carboxylic acids is 1. The van der Waals surface area contributed by atoms with Crippen LogP contribution in [0.3, 0.4) is 0 Å². The fourth-order valence-corrected chi connectivity index (χ4v) is 2.69. The van der Waals surface area contributed by atoms with Crippen LogP contribution < -0.4 is 10.7 Å². The molecule has 0 saturated heterocycles. The zero-order valence-electron chi connectivity index (χ0n) is 12.1. The maximum absolute atomic E-state index is 13.2. The van der Waals surface area contributed by atoms with Gasteiger partial charge in [-0.15, -0.1) is 0 Å². The Hall–Kier alpha value is -3.15. The minimum atomic E-state index is -0.329. The summed E-state index contributed by atoms with van der Waals surface area (Å²) in [5, 5.41) is 7.57. The number of fused-ring (bicyclic) bond motifs is 2. The van der Waals surface area contributed by atoms with Gasteiger partial charge in [0.1, 0.15) is 11.5 Å². The minimum absolute atomic E-state index is 0.276. The van der Waals surface area contributed by atoms with Gasteiger partial charge in [-0.25, -0.2) is 4.39 Å². The van der Waals surface area contributed by atoms with Gasteiger partial charge in [0, 0.05) is 16.5 Å². The number of carbonyl (C=O) groups is 1. The first-order chi connectivity index (χ1) is 11.2. The topological polar surface area (TPSA) is 69.3 Å². The largest absolute Gasteiger partial charge is 0.351 e. The highest BCUT2D eigenvalue weighted by atomic mass is 19.1. The number of hydrogen-bond donors (Lipinski definition) is 3. The van der Waals surface area contributed by atoms with E-state index in [-0.39, 0.29) is 11.7 Å². The Bertz CT molecular complexity index is 945. The lowest BCUT2D eigenvalue weighted by Gasteiger charge is -2.15. The lowest BCUT2D eigenvalue weighted by atomic mass is 10.1. The van der Waals surface area contributed by atoms with Gasteiger partial charge in [0.05, 0.1) is 18.4 Å². The highest BCUT2D eigenvalue weighted by Gasteiger charge is 2.14. The van der Waals surface area contributed by atoms with E-state index in [9.17, 15) is 9.18 Å². The SMILES string of the molecule is O=C(Nc1cccc2c1C=NNC2)c1cc2cc(F)ccc2[nH]1. The number of nitrogens with zero attached hydrogens (tertiary/aromatic N) is 1. The third-order valence-electron chi connectivity index (χ3n) is 3.83. The second kappa shape index (κ2) is 5.24. The van der Waals surface area contributed by atoms with Crippen LogP contribution in [0.25, 0.3) is 10.9 Å². The molecule has 0 radical (unpaired) electrons. The van der Waals surface area contributed by atoms with Gasteiger partial charge in [-0.1, -0.05) is 12.1 Å². The van der Waals surface area contributed by atoms with Crippen LogP contribution in [0.1, 0.15) is 21.6 Å². The van der Waals surface area contributed by atoms with Crippen molar-refractivity contribution in [2.75, 3.05) is 5.32 Å². The van der Waals surface area contributed by atoms with Gasteiger partial charge in [-0.3, -0.25) is 4.79 Å². The fraction of sp³-hybridized carbons (Fsp3) is 0.0588. The summed E-state index contributed by atoms with van der Waals surface area (Å²) < 4.78 is 13.2. The molecule has 2 aromatic carbocycles. The van der Waals surface area contributed by atoms with Crippen molar-refractivity contribution in [3.8, 4) is 0 Å². The second-order valence-corrected chi connectivity index (χ2v) is 5.34. The first-order valence-corrected chi connectivity index (χ1v) is 7.18. The maximum atomic E-state index is 13.2. The van der Waals surface area contributed by atoms with Gasteiger partial charge in [0.15, 0.2) is 0 Å². The van der Waals surface area contributed by atoms with Gasteiger partial charge in [-0.2, -0.15) is 5.10 Å². The molecule has 1 aliphatic heterocycles. The molecule has 1 aromatic heterocycles. The number of hydrazone groups is 1. The van der Waals surface area contributed by atoms with Crippen molar-refractivity contribution in [1.29, 1.82) is 0 Å². The lowest BCUT2D eigenvalue weighted by Crippen LogP contribution is -2.18. The normalized spacial score (nSPS) is 12.7. The number of aromatic amines is 1. The van der Waals surface area contributed by atoms with E-state index in [2.05, 4.69) is 20.8 Å². The number of hydrogen-bond acceptors (Lipinski definition) is 3. The van der Waals surface area contributed by atoms with Crippen molar-refractivity contribution in [1.82, 2.24) is 10.4 Å². The Morgan fingerprint density at radius 1 is 1.22 bits per heavy atom. The molecule has 0 unspecified atom stereocenters. The Morgan fingerprint density at radius 2 is 2.13 bits per heavy atom. The molecule has 0 bridgehead atoms. The van der Waals surface area contributed by atoms with Gasteiger partial charge >= 0.3 is 0 Å². The van der Waals surface area contributed by atoms with E-state index < -0.39 is 0 Å². The maximum Gasteiger partial charge on any atom is 0.272 e. The summed E-state index contributed by atoms with van der Waals surface area (Å²) in [6.45, 7) is 0.626. The Balaban J connectivity index is 1.66. The zero-order valence-corrected chi connectivity index (χ0v) is 12.1. The summed E-state index contributed by atoms with van der Waals surface area (Å²) in [5.74, 6) is -0.605. The van der Waals surface area contributed by atoms with E-state index in [0.29, 0.717) is 23.3 Å². The number of benzene rings is 2. The van der Waals surface area contributed by atoms with Crippen LogP contribution in [-0.2, 0) is 6.54 Å². The van der Waals surface area contributed by atoms with Crippen molar-refractivity contribution < 1.29 is 9.18 Å². The second-order valence-electron chi connectivity index (χ2n) is 5.34. The van der Waals surface area contributed by atoms with Gasteiger partial charge in [0.2, 0.25) is 0 Å². The summed E-state index contributed by atoms with van der Waals surface area (Å²) in [6.07, 6.45) is 1.69. The minimum Gasteiger partial charge on any atom is -0.351 e. The van der Waals surface area contributed by atoms with Crippen molar-refractivity contribution in [2.24, 2.45) is 5.10 Å². The molecule has 0 fully saturated rings. The van der Waals surface area contributed by atoms with E-state index in [4.69, 9.17) is 0 Å². The van der Waals surface area contributed by atoms with Crippen LogP contribution in [0.4, 0.5) is 10.1 Å². The number of H-pyrrole nitrogens is 1. The highest BCUT2D eigenvalue weighted by molar-refractivity contribution is 6.08. The number of aromatic nitrogens is 1. The molecular formula is C17H13FN4O. The lowest BCUT2D eigenvalue weighted by molar-refractivity contribution is 0.102. The molecule has 23 heavy (non-hydrogen) atoms. The predicted molar refractivity (Wildman–Crippen MR) is 87.1 cm³/mol. The molecule has 114 valence electrons. The van der Waals surface area contributed by atoms with Crippen molar-refractivity contribution in [2.45, 2.75) is 6.54 Å². The van der Waals surface area contributed by atoms with Crippen LogP contribution in [0.5, 0.6) is 0 Å². The number of anilines is 1. The van der Waals surface area contributed by atoms with Gasteiger partial charge in [-0.05, 0) is 35.9 Å². The Morgan fingerprint density at radius 3 is 3.04 bits per heavy atom. The van der Waals surface area contributed by atoms with Gasteiger partial charge in [0.25, 0.3) is 5.91 Å². The van der Waals surface area contributed by atoms with Gasteiger partial charge < -0.3 is 15.7 Å². The van der Waals surface area contributed by atoms with Crippen LogP contribution in [0, 0.1) is 5.82 Å². The fourth-order valence-electron chi connectivity index (χ4n) is 2.69. The molecule has 5 nitrogen and oxygen atoms in total. The van der Waals surface area contributed by atoms with Crippen LogP contribution >= 0.6 is 0 Å². The van der Waals surface area contributed by atoms with E-state index in [1.807, 2.05) is 18.2 Å². The van der Waals surface area contributed by atoms with Crippen LogP contribution in [0.15, 0.2) is 47.6 Å². The summed E-state index contributed by atoms with van der Waals surface area (Å²) >= 11 is 0. The molecule has 0 spiro atoms. The van der Waals surface area contributed by atoms with Crippen molar-refractivity contribution >= 4 is 28.7 Å². The molecule has 1 amide bonds. The number of amides is 1. The van der Waals surface area contributed by atoms with Crippen LogP contribution in [-0.4, -0.2) is 17.1 Å². The molecule has 1 aliphatic rings. The van der Waals surface area contributed by atoms with Crippen LogP contribution in [0.2, 0.25) is 0 Å². The molecule has 4 rings (SSSR count). The Labute approximate surface area is 131 Å². The summed E-state index contributed by atoms with van der Waals surface area (Å²) in [5.41, 5.74) is 6.65. The van der Waals surface area contributed by atoms with Crippen molar-refractivity contribution in [3.63, 3.8) is 0 Å². The molecule has 0 saturated carbocycles. The Kier molecular flexibility index (Phi) is 3.08. The first kappa shape index (κ1) is 13.5. The van der Waals surface area contributed by atoms with Crippen molar-refractivity contribution in [3.05, 3.63) is 65.1 Å². The molecule has 2 heterocycles. The smallest absolute Gasteiger partial charge is 0.272 e. The highest BCUT2D eigenvalue weighted by Crippen LogP contribution is 2.22. The summed E-state index contributed by atoms with van der Waals surface area (Å²) in [6, 6.07) is 11.7. The van der Waals surface area contributed by atoms with E-state index in [1.54, 1.807) is 18.3 Å². The monoisotopic (exact) mass is 308 g/mol. The third-order valence-corrected chi connectivity index (χ3v) is 3.83. The zero-order chi connectivity index (χ0) is 15.8. The summed E-state index contributed by atoms with van der Waals surface area (Å²) in [4.78, 5) is 15.5. The summed E-state index contributed by atoms with van der Waals surface area (Å²) in [7, 11) is 0. The quantitative estimate of drug-likeness (QED) is 0.681. The molecule has 6 heteroatoms. The van der Waals surface area contributed by atoms with E-state index >= 15 is 0 Å². The third kappa shape index (κ3) is 2.44. The number of halogens is 1. The average molecular weight is 308 g/mol.